The molecule has 1 N–H and O–H groups in total. The van der Waals surface area contributed by atoms with Gasteiger partial charge in [0.1, 0.15) is 17.7 Å². The van der Waals surface area contributed by atoms with Crippen molar-refractivity contribution in [1.82, 2.24) is 0 Å². The van der Waals surface area contributed by atoms with Crippen molar-refractivity contribution >= 4 is 5.97 Å². The Balaban J connectivity index is 2.05. The van der Waals surface area contributed by atoms with Gasteiger partial charge in [-0.25, -0.2) is 4.39 Å². The minimum atomic E-state index is -0.884. The summed E-state index contributed by atoms with van der Waals surface area (Å²) < 4.78 is 19.3. The average molecular weight is 272 g/mol. The zero-order valence-corrected chi connectivity index (χ0v) is 10.7. The molecule has 1 aliphatic rings. The molecule has 20 heavy (non-hydrogen) atoms. The summed E-state index contributed by atoms with van der Waals surface area (Å²) in [5.41, 5.74) is 2.53. The lowest BCUT2D eigenvalue weighted by molar-refractivity contribution is -0.137. The number of hydrogen-bond donors (Lipinski definition) is 1. The first kappa shape index (κ1) is 12.7. The molecule has 0 saturated carbocycles. The number of para-hydroxylation sites is 1. The first-order valence-corrected chi connectivity index (χ1v) is 6.42. The van der Waals surface area contributed by atoms with Crippen LogP contribution in [0.25, 0.3) is 11.1 Å². The monoisotopic (exact) mass is 272 g/mol. The largest absolute Gasteiger partial charge is 0.485 e. The second-order valence-electron chi connectivity index (χ2n) is 4.77. The fourth-order valence-electron chi connectivity index (χ4n) is 2.52. The molecule has 0 fully saturated rings. The van der Waals surface area contributed by atoms with Gasteiger partial charge in [0, 0.05) is 17.5 Å². The van der Waals surface area contributed by atoms with Gasteiger partial charge in [-0.3, -0.25) is 4.79 Å². The number of carboxylic acids is 1. The Labute approximate surface area is 115 Å². The predicted octanol–water partition coefficient (Wildman–Crippen LogP) is 3.79. The Morgan fingerprint density at radius 3 is 2.80 bits per heavy atom. The lowest BCUT2D eigenvalue weighted by Crippen LogP contribution is -2.15. The molecular formula is C16H13FO3. The van der Waals surface area contributed by atoms with E-state index in [2.05, 4.69) is 0 Å². The Morgan fingerprint density at radius 2 is 2.00 bits per heavy atom. The van der Waals surface area contributed by atoms with E-state index in [1.807, 2.05) is 24.3 Å². The van der Waals surface area contributed by atoms with Gasteiger partial charge in [-0.1, -0.05) is 24.3 Å². The molecule has 0 bridgehead atoms. The van der Waals surface area contributed by atoms with Gasteiger partial charge in [0.05, 0.1) is 0 Å². The summed E-state index contributed by atoms with van der Waals surface area (Å²) in [6, 6.07) is 12.1. The highest BCUT2D eigenvalue weighted by Crippen LogP contribution is 2.43. The van der Waals surface area contributed by atoms with Crippen LogP contribution in [0.3, 0.4) is 0 Å². The van der Waals surface area contributed by atoms with Crippen molar-refractivity contribution in [3.63, 3.8) is 0 Å². The van der Waals surface area contributed by atoms with Crippen molar-refractivity contribution in [1.29, 1.82) is 0 Å². The van der Waals surface area contributed by atoms with Crippen LogP contribution in [-0.4, -0.2) is 11.1 Å². The normalized spacial score (nSPS) is 15.9. The fourth-order valence-corrected chi connectivity index (χ4v) is 2.52. The number of benzene rings is 2. The number of aliphatic carboxylic acids is 1. The Bertz CT molecular complexity index is 667. The van der Waals surface area contributed by atoms with E-state index < -0.39 is 12.1 Å². The van der Waals surface area contributed by atoms with Crippen LogP contribution >= 0.6 is 0 Å². The van der Waals surface area contributed by atoms with Crippen LogP contribution in [0.2, 0.25) is 0 Å². The third kappa shape index (κ3) is 2.25. The van der Waals surface area contributed by atoms with Crippen LogP contribution in [0.1, 0.15) is 24.5 Å². The fraction of sp³-hybridized carbons (Fsp3) is 0.188. The van der Waals surface area contributed by atoms with E-state index in [9.17, 15) is 9.18 Å². The number of carboxylic acid groups (broad SMARTS) is 1. The van der Waals surface area contributed by atoms with Crippen molar-refractivity contribution < 1.29 is 19.0 Å². The molecule has 1 aliphatic heterocycles. The standard InChI is InChI=1S/C16H13FO3/c17-10-5-6-11-12-3-1-2-4-14(12)20-15(13(11)9-10)7-8-16(18)19/h1-6,9,15H,7-8H2,(H,18,19). The summed E-state index contributed by atoms with van der Waals surface area (Å²) in [7, 11) is 0. The van der Waals surface area contributed by atoms with Crippen molar-refractivity contribution in [2.75, 3.05) is 0 Å². The van der Waals surface area contributed by atoms with Crippen molar-refractivity contribution in [2.45, 2.75) is 18.9 Å². The molecule has 2 aromatic carbocycles. The molecule has 3 nitrogen and oxygen atoms in total. The van der Waals surface area contributed by atoms with Gasteiger partial charge in [0.15, 0.2) is 0 Å². The summed E-state index contributed by atoms with van der Waals surface area (Å²) in [6.07, 6.45) is -0.116. The van der Waals surface area contributed by atoms with Crippen LogP contribution < -0.4 is 4.74 Å². The minimum absolute atomic E-state index is 0.0111. The highest BCUT2D eigenvalue weighted by atomic mass is 19.1. The molecule has 0 amide bonds. The maximum atomic E-state index is 13.5. The summed E-state index contributed by atoms with van der Waals surface area (Å²) >= 11 is 0. The Kier molecular flexibility index (Phi) is 3.14. The molecule has 0 aliphatic carbocycles. The molecular weight excluding hydrogens is 259 g/mol. The van der Waals surface area contributed by atoms with Gasteiger partial charge in [-0.2, -0.15) is 0 Å². The maximum Gasteiger partial charge on any atom is 0.303 e. The molecule has 0 radical (unpaired) electrons. The van der Waals surface area contributed by atoms with E-state index in [1.165, 1.54) is 12.1 Å². The number of rotatable bonds is 3. The Morgan fingerprint density at radius 1 is 1.20 bits per heavy atom. The summed E-state index contributed by atoms with van der Waals surface area (Å²) in [4.78, 5) is 10.7. The van der Waals surface area contributed by atoms with E-state index in [-0.39, 0.29) is 12.2 Å². The molecule has 4 heteroatoms. The van der Waals surface area contributed by atoms with E-state index >= 15 is 0 Å². The van der Waals surface area contributed by atoms with Gasteiger partial charge in [-0.05, 0) is 30.2 Å². The molecule has 1 heterocycles. The number of carbonyl (C=O) groups is 1. The summed E-state index contributed by atoms with van der Waals surface area (Å²) in [6.45, 7) is 0. The predicted molar refractivity (Wildman–Crippen MR) is 72.1 cm³/mol. The molecule has 2 aromatic rings. The second-order valence-corrected chi connectivity index (χ2v) is 4.77. The number of ether oxygens (including phenoxy) is 1. The van der Waals surface area contributed by atoms with E-state index in [0.29, 0.717) is 17.7 Å². The summed E-state index contributed by atoms with van der Waals surface area (Å²) in [5, 5.41) is 8.81. The molecule has 0 saturated heterocycles. The lowest BCUT2D eigenvalue weighted by Gasteiger charge is -2.28. The third-order valence-corrected chi connectivity index (χ3v) is 3.43. The van der Waals surface area contributed by atoms with Crippen LogP contribution in [0.15, 0.2) is 42.5 Å². The molecule has 0 spiro atoms. The zero-order valence-electron chi connectivity index (χ0n) is 10.7. The third-order valence-electron chi connectivity index (χ3n) is 3.43. The molecule has 0 aromatic heterocycles. The van der Waals surface area contributed by atoms with Crippen LogP contribution in [0.5, 0.6) is 5.75 Å². The van der Waals surface area contributed by atoms with Crippen LogP contribution in [-0.2, 0) is 4.79 Å². The van der Waals surface area contributed by atoms with E-state index in [4.69, 9.17) is 9.84 Å². The Hall–Kier alpha value is -2.36. The van der Waals surface area contributed by atoms with Crippen LogP contribution in [0.4, 0.5) is 4.39 Å². The topological polar surface area (TPSA) is 46.5 Å². The molecule has 1 atom stereocenters. The van der Waals surface area contributed by atoms with Gasteiger partial charge in [-0.15, -0.1) is 0 Å². The average Bonchev–Trinajstić information content (AvgIpc) is 2.44. The molecule has 3 rings (SSSR count). The maximum absolute atomic E-state index is 13.5. The number of halogens is 1. The highest BCUT2D eigenvalue weighted by molar-refractivity contribution is 5.76. The highest BCUT2D eigenvalue weighted by Gasteiger charge is 2.26. The summed E-state index contributed by atoms with van der Waals surface area (Å²) in [5.74, 6) is -0.514. The smallest absolute Gasteiger partial charge is 0.303 e. The number of fused-ring (bicyclic) bond motifs is 3. The zero-order chi connectivity index (χ0) is 14.1. The van der Waals surface area contributed by atoms with Crippen molar-refractivity contribution in [2.24, 2.45) is 0 Å². The molecule has 1 unspecified atom stereocenters. The quantitative estimate of drug-likeness (QED) is 0.924. The van der Waals surface area contributed by atoms with Crippen molar-refractivity contribution in [3.8, 4) is 16.9 Å². The minimum Gasteiger partial charge on any atom is -0.485 e. The second kappa shape index (κ2) is 4.96. The SMILES string of the molecule is O=C(O)CCC1Oc2ccccc2-c2ccc(F)cc21. The van der Waals surface area contributed by atoms with Gasteiger partial charge < -0.3 is 9.84 Å². The number of hydrogen-bond acceptors (Lipinski definition) is 2. The van der Waals surface area contributed by atoms with Gasteiger partial charge >= 0.3 is 5.97 Å². The first-order valence-electron chi connectivity index (χ1n) is 6.42. The van der Waals surface area contributed by atoms with E-state index in [0.717, 1.165) is 11.1 Å². The van der Waals surface area contributed by atoms with E-state index in [1.54, 1.807) is 6.07 Å². The van der Waals surface area contributed by atoms with Gasteiger partial charge in [0.2, 0.25) is 0 Å². The van der Waals surface area contributed by atoms with Gasteiger partial charge in [0.25, 0.3) is 0 Å². The van der Waals surface area contributed by atoms with Crippen molar-refractivity contribution in [3.05, 3.63) is 53.8 Å². The molecule has 102 valence electrons. The lowest BCUT2D eigenvalue weighted by atomic mass is 9.91. The first-order chi connectivity index (χ1) is 9.65. The van der Waals surface area contributed by atoms with Crippen LogP contribution in [0, 0.1) is 5.82 Å².